The number of halogens is 2. The monoisotopic (exact) mass is 414 g/mol. The maximum Gasteiger partial charge on any atom is 0.289 e. The lowest BCUT2D eigenvalue weighted by atomic mass is 10.2. The summed E-state index contributed by atoms with van der Waals surface area (Å²) in [4.78, 5) is 30.8. The van der Waals surface area contributed by atoms with E-state index in [4.69, 9.17) is 4.74 Å². The number of morpholine rings is 1. The van der Waals surface area contributed by atoms with Gasteiger partial charge in [0.1, 0.15) is 5.69 Å². The fourth-order valence-corrected chi connectivity index (χ4v) is 3.66. The molecule has 0 spiro atoms. The van der Waals surface area contributed by atoms with Crippen molar-refractivity contribution in [2.45, 2.75) is 10.7 Å². The number of hydrazine groups is 1. The lowest BCUT2D eigenvalue weighted by molar-refractivity contribution is 0.0844. The number of thiazole rings is 1. The van der Waals surface area contributed by atoms with Gasteiger partial charge in [-0.3, -0.25) is 20.4 Å². The highest BCUT2D eigenvalue weighted by Gasteiger charge is 2.18. The van der Waals surface area contributed by atoms with Crippen LogP contribution in [0.4, 0.5) is 13.9 Å². The first-order valence-electron chi connectivity index (χ1n) is 7.97. The summed E-state index contributed by atoms with van der Waals surface area (Å²) in [6.45, 7) is 2.66. The molecule has 3 rings (SSSR count). The Balaban J connectivity index is 1.52. The van der Waals surface area contributed by atoms with E-state index in [1.165, 1.54) is 35.6 Å². The lowest BCUT2D eigenvalue weighted by Crippen LogP contribution is -2.41. The van der Waals surface area contributed by atoms with Gasteiger partial charge in [-0.25, -0.2) is 4.98 Å². The number of hydrogen-bond acceptors (Lipinski definition) is 7. The maximum absolute atomic E-state index is 12.3. The molecule has 0 saturated carbocycles. The number of rotatable bonds is 5. The molecule has 0 unspecified atom stereocenters. The van der Waals surface area contributed by atoms with Gasteiger partial charge >= 0.3 is 0 Å². The second kappa shape index (κ2) is 9.11. The summed E-state index contributed by atoms with van der Waals surface area (Å²) in [5.41, 5.74) is 5.02. The molecule has 1 aliphatic rings. The smallest absolute Gasteiger partial charge is 0.289 e. The molecule has 1 aliphatic heterocycles. The number of benzene rings is 1. The number of aromatic nitrogens is 1. The number of nitrogens with one attached hydrogen (secondary N) is 2. The number of hydrogen-bond donors (Lipinski definition) is 2. The Morgan fingerprint density at radius 1 is 1.15 bits per heavy atom. The Labute approximate surface area is 162 Å². The number of carbonyl (C=O) groups excluding carboxylic acids is 2. The normalized spacial score (nSPS) is 14.3. The predicted molar refractivity (Wildman–Crippen MR) is 98.4 cm³/mol. The molecule has 144 valence electrons. The number of nitrogens with zero attached hydrogens (tertiary/aromatic N) is 2. The Kier molecular flexibility index (Phi) is 6.58. The quantitative estimate of drug-likeness (QED) is 0.577. The fourth-order valence-electron chi connectivity index (χ4n) is 2.31. The third kappa shape index (κ3) is 5.37. The zero-order valence-electron chi connectivity index (χ0n) is 14.0. The van der Waals surface area contributed by atoms with Gasteiger partial charge in [-0.15, -0.1) is 11.3 Å². The van der Waals surface area contributed by atoms with E-state index in [0.29, 0.717) is 43.0 Å². The molecule has 2 aromatic rings. The van der Waals surface area contributed by atoms with Crippen LogP contribution >= 0.6 is 23.1 Å². The molecule has 1 aromatic heterocycles. The highest BCUT2D eigenvalue weighted by molar-refractivity contribution is 7.99. The van der Waals surface area contributed by atoms with Gasteiger partial charge in [-0.05, 0) is 24.3 Å². The van der Waals surface area contributed by atoms with Crippen LogP contribution in [0.5, 0.6) is 0 Å². The van der Waals surface area contributed by atoms with Crippen LogP contribution in [0.25, 0.3) is 0 Å². The maximum atomic E-state index is 12.3. The van der Waals surface area contributed by atoms with Crippen molar-refractivity contribution in [1.29, 1.82) is 0 Å². The number of ether oxygens (including phenoxy) is 1. The summed E-state index contributed by atoms with van der Waals surface area (Å²) in [5, 5.41) is 2.34. The largest absolute Gasteiger partial charge is 0.378 e. The molecule has 0 aliphatic carbocycles. The van der Waals surface area contributed by atoms with E-state index in [-0.39, 0.29) is 11.3 Å². The van der Waals surface area contributed by atoms with Crippen molar-refractivity contribution in [1.82, 2.24) is 15.8 Å². The van der Waals surface area contributed by atoms with E-state index < -0.39 is 17.6 Å². The zero-order chi connectivity index (χ0) is 19.2. The van der Waals surface area contributed by atoms with E-state index in [2.05, 4.69) is 15.8 Å². The Bertz CT molecular complexity index is 795. The van der Waals surface area contributed by atoms with Gasteiger partial charge in [0, 0.05) is 28.9 Å². The summed E-state index contributed by atoms with van der Waals surface area (Å²) in [6.07, 6.45) is 0. The van der Waals surface area contributed by atoms with Gasteiger partial charge in [-0.2, -0.15) is 8.78 Å². The minimum absolute atomic E-state index is 0.200. The van der Waals surface area contributed by atoms with Gasteiger partial charge in [-0.1, -0.05) is 11.8 Å². The van der Waals surface area contributed by atoms with E-state index in [0.717, 1.165) is 5.13 Å². The van der Waals surface area contributed by atoms with Crippen molar-refractivity contribution in [2.24, 2.45) is 0 Å². The van der Waals surface area contributed by atoms with Crippen LogP contribution in [0.1, 0.15) is 20.8 Å². The van der Waals surface area contributed by atoms with Crippen LogP contribution < -0.4 is 15.8 Å². The first kappa shape index (κ1) is 19.5. The minimum Gasteiger partial charge on any atom is -0.378 e. The van der Waals surface area contributed by atoms with Crippen LogP contribution in [0.3, 0.4) is 0 Å². The van der Waals surface area contributed by atoms with Gasteiger partial charge in [0.2, 0.25) is 0 Å². The Hall–Kier alpha value is -2.24. The van der Waals surface area contributed by atoms with Crippen molar-refractivity contribution < 1.29 is 23.1 Å². The van der Waals surface area contributed by atoms with E-state index in [1.54, 1.807) is 5.38 Å². The first-order valence-corrected chi connectivity index (χ1v) is 9.72. The van der Waals surface area contributed by atoms with Crippen molar-refractivity contribution in [2.75, 3.05) is 31.2 Å². The number of alkyl halides is 2. The highest BCUT2D eigenvalue weighted by atomic mass is 32.2. The third-order valence-corrected chi connectivity index (χ3v) is 5.26. The molecular formula is C16H16F2N4O3S2. The number of anilines is 1. The predicted octanol–water partition coefficient (Wildman–Crippen LogP) is 2.37. The fraction of sp³-hybridized carbons (Fsp3) is 0.312. The topological polar surface area (TPSA) is 83.6 Å². The molecule has 0 atom stereocenters. The average molecular weight is 414 g/mol. The van der Waals surface area contributed by atoms with E-state index in [1.807, 2.05) is 4.90 Å². The molecular weight excluding hydrogens is 398 g/mol. The second-order valence-corrected chi connectivity index (χ2v) is 7.33. The van der Waals surface area contributed by atoms with Crippen molar-refractivity contribution in [3.8, 4) is 0 Å². The molecule has 27 heavy (non-hydrogen) atoms. The van der Waals surface area contributed by atoms with Gasteiger partial charge in [0.25, 0.3) is 17.6 Å². The number of thioether (sulfide) groups is 1. The van der Waals surface area contributed by atoms with Crippen molar-refractivity contribution in [3.05, 3.63) is 40.9 Å². The van der Waals surface area contributed by atoms with Crippen LogP contribution in [0, 0.1) is 0 Å². The average Bonchev–Trinajstić information content (AvgIpc) is 3.17. The van der Waals surface area contributed by atoms with Crippen LogP contribution in [-0.2, 0) is 4.74 Å². The highest BCUT2D eigenvalue weighted by Crippen LogP contribution is 2.25. The van der Waals surface area contributed by atoms with Crippen molar-refractivity contribution in [3.63, 3.8) is 0 Å². The molecule has 0 bridgehead atoms. The first-order chi connectivity index (χ1) is 13.0. The summed E-state index contributed by atoms with van der Waals surface area (Å²) in [5.74, 6) is -3.62. The Morgan fingerprint density at radius 3 is 2.48 bits per heavy atom. The second-order valence-electron chi connectivity index (χ2n) is 5.43. The standard InChI is InChI=1S/C16H16F2N4O3S2/c17-15(18)27-11-3-1-10(2-4-11)13(23)20-21-14(24)12-9-26-16(19-12)22-5-7-25-8-6-22/h1-4,9,15H,5-8H2,(H,20,23)(H,21,24). The molecule has 2 heterocycles. The molecule has 2 N–H and O–H groups in total. The molecule has 1 fully saturated rings. The molecule has 11 heteroatoms. The molecule has 1 aromatic carbocycles. The lowest BCUT2D eigenvalue weighted by Gasteiger charge is -2.25. The number of amides is 2. The minimum atomic E-state index is -2.52. The summed E-state index contributed by atoms with van der Waals surface area (Å²) < 4.78 is 29.9. The SMILES string of the molecule is O=C(NNC(=O)c1csc(N2CCOCC2)n1)c1ccc(SC(F)F)cc1. The Morgan fingerprint density at radius 2 is 1.81 bits per heavy atom. The summed E-state index contributed by atoms with van der Waals surface area (Å²) in [6, 6.07) is 5.66. The summed E-state index contributed by atoms with van der Waals surface area (Å²) in [7, 11) is 0. The molecule has 0 radical (unpaired) electrons. The van der Waals surface area contributed by atoms with E-state index in [9.17, 15) is 18.4 Å². The molecule has 1 saturated heterocycles. The van der Waals surface area contributed by atoms with Gasteiger partial charge in [0.15, 0.2) is 5.13 Å². The zero-order valence-corrected chi connectivity index (χ0v) is 15.6. The van der Waals surface area contributed by atoms with Crippen LogP contribution in [0.15, 0.2) is 34.5 Å². The molecule has 2 amide bonds. The van der Waals surface area contributed by atoms with Gasteiger partial charge in [0.05, 0.1) is 13.2 Å². The molecule has 7 nitrogen and oxygen atoms in total. The number of carbonyl (C=O) groups is 2. The summed E-state index contributed by atoms with van der Waals surface area (Å²) >= 11 is 1.74. The van der Waals surface area contributed by atoms with Gasteiger partial charge < -0.3 is 9.64 Å². The van der Waals surface area contributed by atoms with Crippen LogP contribution in [-0.4, -0.2) is 48.9 Å². The van der Waals surface area contributed by atoms with E-state index >= 15 is 0 Å². The third-order valence-electron chi connectivity index (χ3n) is 3.64. The van der Waals surface area contributed by atoms with Crippen molar-refractivity contribution >= 4 is 40.0 Å². The van der Waals surface area contributed by atoms with Crippen LogP contribution in [0.2, 0.25) is 0 Å².